The minimum absolute atomic E-state index is 0.212. The minimum atomic E-state index is -1.23. The van der Waals surface area contributed by atoms with E-state index in [4.69, 9.17) is 5.11 Å². The van der Waals surface area contributed by atoms with Crippen LogP contribution in [0.25, 0.3) is 11.1 Å². The third-order valence-electron chi connectivity index (χ3n) is 3.56. The highest BCUT2D eigenvalue weighted by Crippen LogP contribution is 2.27. The molecule has 3 rings (SSSR count). The highest BCUT2D eigenvalue weighted by Gasteiger charge is 2.09. The van der Waals surface area contributed by atoms with Crippen LogP contribution in [0, 0.1) is 0 Å². The summed E-state index contributed by atoms with van der Waals surface area (Å²) in [7, 11) is 0. The normalized spacial score (nSPS) is 10.9. The molecule has 0 saturated heterocycles. The number of phenolic OH excluding ortho intramolecular Hbond substituents is 1. The summed E-state index contributed by atoms with van der Waals surface area (Å²) in [4.78, 5) is 11.0. The van der Waals surface area contributed by atoms with E-state index in [0.29, 0.717) is 11.4 Å². The molecule has 0 unspecified atom stereocenters. The first-order chi connectivity index (χ1) is 12.0. The number of phenols is 2. The van der Waals surface area contributed by atoms with Crippen molar-refractivity contribution < 1.29 is 20.1 Å². The van der Waals surface area contributed by atoms with E-state index < -0.39 is 5.97 Å². The number of nitrogens with zero attached hydrogens (tertiary/aromatic N) is 2. The Bertz CT molecular complexity index is 933. The third kappa shape index (κ3) is 3.81. The number of aromatic carboxylic acids is 1. The Morgan fingerprint density at radius 3 is 1.84 bits per heavy atom. The van der Waals surface area contributed by atoms with Gasteiger partial charge in [-0.2, -0.15) is 10.2 Å². The predicted molar refractivity (Wildman–Crippen MR) is 92.8 cm³/mol. The molecule has 3 aromatic rings. The van der Waals surface area contributed by atoms with Crippen molar-refractivity contribution in [3.63, 3.8) is 0 Å². The number of carboxylic acid groups (broad SMARTS) is 1. The Morgan fingerprint density at radius 2 is 1.24 bits per heavy atom. The van der Waals surface area contributed by atoms with Gasteiger partial charge in [0, 0.05) is 0 Å². The lowest BCUT2D eigenvalue weighted by molar-refractivity contribution is 0.0693. The lowest BCUT2D eigenvalue weighted by atomic mass is 10.1. The SMILES string of the molecule is O=C(O)c1cc(/N=N/c2ccc(-c3ccc(O)cc3)cc2)ccc1O. The number of azo groups is 1. The van der Waals surface area contributed by atoms with Crippen molar-refractivity contribution in [2.75, 3.05) is 0 Å². The summed E-state index contributed by atoms with van der Waals surface area (Å²) in [5.41, 5.74) is 2.65. The molecule has 6 nitrogen and oxygen atoms in total. The van der Waals surface area contributed by atoms with E-state index in [1.165, 1.54) is 18.2 Å². The van der Waals surface area contributed by atoms with Crippen LogP contribution in [0.4, 0.5) is 11.4 Å². The summed E-state index contributed by atoms with van der Waals surface area (Å²) >= 11 is 0. The Balaban J connectivity index is 1.79. The molecule has 0 atom stereocenters. The number of aromatic hydroxyl groups is 2. The van der Waals surface area contributed by atoms with Gasteiger partial charge in [-0.3, -0.25) is 0 Å². The molecule has 3 N–H and O–H groups in total. The van der Waals surface area contributed by atoms with E-state index in [2.05, 4.69) is 10.2 Å². The number of rotatable bonds is 4. The molecule has 6 heteroatoms. The summed E-state index contributed by atoms with van der Waals surface area (Å²) in [5.74, 6) is -1.33. The minimum Gasteiger partial charge on any atom is -0.508 e. The Morgan fingerprint density at radius 1 is 0.720 bits per heavy atom. The zero-order valence-corrected chi connectivity index (χ0v) is 13.0. The zero-order valence-electron chi connectivity index (χ0n) is 13.0. The highest BCUT2D eigenvalue weighted by molar-refractivity contribution is 5.91. The van der Waals surface area contributed by atoms with E-state index in [1.54, 1.807) is 24.3 Å². The summed E-state index contributed by atoms with van der Waals surface area (Å²) in [6.45, 7) is 0. The molecule has 0 bridgehead atoms. The monoisotopic (exact) mass is 334 g/mol. The van der Waals surface area contributed by atoms with Gasteiger partial charge in [-0.25, -0.2) is 4.79 Å². The third-order valence-corrected chi connectivity index (χ3v) is 3.56. The largest absolute Gasteiger partial charge is 0.508 e. The topological polar surface area (TPSA) is 102 Å². The molecule has 3 aromatic carbocycles. The first kappa shape index (κ1) is 16.2. The number of carboxylic acids is 1. The fourth-order valence-electron chi connectivity index (χ4n) is 2.25. The molecule has 0 saturated carbocycles. The maximum Gasteiger partial charge on any atom is 0.339 e. The molecule has 0 heterocycles. The van der Waals surface area contributed by atoms with Crippen molar-refractivity contribution in [1.29, 1.82) is 0 Å². The van der Waals surface area contributed by atoms with Gasteiger partial charge in [0.15, 0.2) is 0 Å². The van der Waals surface area contributed by atoms with Crippen LogP contribution in [0.15, 0.2) is 77.0 Å². The molecule has 0 aliphatic carbocycles. The summed E-state index contributed by atoms with van der Waals surface area (Å²) in [6.07, 6.45) is 0. The summed E-state index contributed by atoms with van der Waals surface area (Å²) in [5, 5.41) is 35.8. The second-order valence-corrected chi connectivity index (χ2v) is 5.30. The fourth-order valence-corrected chi connectivity index (χ4v) is 2.25. The van der Waals surface area contributed by atoms with Gasteiger partial charge in [-0.05, 0) is 53.6 Å². The van der Waals surface area contributed by atoms with Crippen molar-refractivity contribution in [3.8, 4) is 22.6 Å². The van der Waals surface area contributed by atoms with Crippen molar-refractivity contribution in [2.24, 2.45) is 10.2 Å². The van der Waals surface area contributed by atoms with E-state index in [0.717, 1.165) is 11.1 Å². The smallest absolute Gasteiger partial charge is 0.339 e. The second kappa shape index (κ2) is 6.84. The fraction of sp³-hybridized carbons (Fsp3) is 0. The Labute approximate surface area is 143 Å². The Hall–Kier alpha value is -3.67. The van der Waals surface area contributed by atoms with E-state index in [1.807, 2.05) is 24.3 Å². The van der Waals surface area contributed by atoms with Crippen LogP contribution in [0.3, 0.4) is 0 Å². The maximum atomic E-state index is 11.0. The summed E-state index contributed by atoms with van der Waals surface area (Å²) in [6, 6.07) is 18.2. The van der Waals surface area contributed by atoms with Gasteiger partial charge in [0.1, 0.15) is 17.1 Å². The average molecular weight is 334 g/mol. The average Bonchev–Trinajstić information content (AvgIpc) is 2.62. The van der Waals surface area contributed by atoms with Gasteiger partial charge in [-0.15, -0.1) is 0 Å². The van der Waals surface area contributed by atoms with Crippen LogP contribution < -0.4 is 0 Å². The number of hydrogen-bond acceptors (Lipinski definition) is 5. The summed E-state index contributed by atoms with van der Waals surface area (Å²) < 4.78 is 0. The molecular formula is C19H14N2O4. The lowest BCUT2D eigenvalue weighted by Gasteiger charge is -2.02. The molecular weight excluding hydrogens is 320 g/mol. The van der Waals surface area contributed by atoms with Gasteiger partial charge in [0.05, 0.1) is 11.4 Å². The molecule has 0 aromatic heterocycles. The van der Waals surface area contributed by atoms with Crippen LogP contribution in [0.1, 0.15) is 10.4 Å². The Kier molecular flexibility index (Phi) is 4.43. The van der Waals surface area contributed by atoms with Crippen LogP contribution in [-0.2, 0) is 0 Å². The van der Waals surface area contributed by atoms with Crippen LogP contribution in [-0.4, -0.2) is 21.3 Å². The molecule has 0 aliphatic rings. The van der Waals surface area contributed by atoms with Crippen LogP contribution >= 0.6 is 0 Å². The number of benzene rings is 3. The number of hydrogen-bond donors (Lipinski definition) is 3. The molecule has 124 valence electrons. The molecule has 0 spiro atoms. The lowest BCUT2D eigenvalue weighted by Crippen LogP contribution is -1.95. The van der Waals surface area contributed by atoms with E-state index in [-0.39, 0.29) is 17.1 Å². The van der Waals surface area contributed by atoms with E-state index in [9.17, 15) is 15.0 Å². The van der Waals surface area contributed by atoms with Gasteiger partial charge >= 0.3 is 5.97 Å². The van der Waals surface area contributed by atoms with Gasteiger partial charge in [-0.1, -0.05) is 24.3 Å². The standard InChI is InChI=1S/C19H14N2O4/c22-16-8-3-13(4-9-16)12-1-5-14(6-2-12)20-21-15-7-10-18(23)17(11-15)19(24)25/h1-11,22-23H,(H,24,25)/b21-20+. The van der Waals surface area contributed by atoms with Gasteiger partial charge in [0.2, 0.25) is 0 Å². The van der Waals surface area contributed by atoms with Crippen molar-refractivity contribution in [1.82, 2.24) is 0 Å². The first-order valence-electron chi connectivity index (χ1n) is 7.40. The van der Waals surface area contributed by atoms with Crippen molar-refractivity contribution in [2.45, 2.75) is 0 Å². The first-order valence-corrected chi connectivity index (χ1v) is 7.40. The predicted octanol–water partition coefficient (Wildman–Crippen LogP) is 4.88. The van der Waals surface area contributed by atoms with Crippen LogP contribution in [0.2, 0.25) is 0 Å². The zero-order chi connectivity index (χ0) is 17.8. The molecule has 0 fully saturated rings. The molecule has 25 heavy (non-hydrogen) atoms. The van der Waals surface area contributed by atoms with E-state index >= 15 is 0 Å². The van der Waals surface area contributed by atoms with Crippen LogP contribution in [0.5, 0.6) is 11.5 Å². The van der Waals surface area contributed by atoms with Crippen molar-refractivity contribution >= 4 is 17.3 Å². The van der Waals surface area contributed by atoms with Gasteiger partial charge in [0.25, 0.3) is 0 Å². The molecule has 0 radical (unpaired) electrons. The molecule has 0 amide bonds. The highest BCUT2D eigenvalue weighted by atomic mass is 16.4. The maximum absolute atomic E-state index is 11.0. The van der Waals surface area contributed by atoms with Gasteiger partial charge < -0.3 is 15.3 Å². The molecule has 0 aliphatic heterocycles. The number of carbonyl (C=O) groups is 1. The quantitative estimate of drug-likeness (QED) is 0.592. The second-order valence-electron chi connectivity index (χ2n) is 5.30. The van der Waals surface area contributed by atoms with Crippen molar-refractivity contribution in [3.05, 3.63) is 72.3 Å².